The van der Waals surface area contributed by atoms with Crippen LogP contribution < -0.4 is 4.74 Å². The predicted molar refractivity (Wildman–Crippen MR) is 59.7 cm³/mol. The molecule has 1 aromatic rings. The summed E-state index contributed by atoms with van der Waals surface area (Å²) in [6.07, 6.45) is 1.84. The first kappa shape index (κ1) is 10.2. The van der Waals surface area contributed by atoms with Crippen molar-refractivity contribution in [3.63, 3.8) is 0 Å². The van der Waals surface area contributed by atoms with E-state index in [-0.39, 0.29) is 0 Å². The van der Waals surface area contributed by atoms with Crippen molar-refractivity contribution < 1.29 is 9.47 Å². The lowest BCUT2D eigenvalue weighted by Gasteiger charge is -2.29. The van der Waals surface area contributed by atoms with Gasteiger partial charge in [0.2, 0.25) is 5.72 Å². The number of aliphatic imine (C=N–C) groups is 1. The van der Waals surface area contributed by atoms with Gasteiger partial charge in [0, 0.05) is 18.9 Å². The van der Waals surface area contributed by atoms with Gasteiger partial charge in [0.1, 0.15) is 12.4 Å². The Hall–Kier alpha value is -1.35. The summed E-state index contributed by atoms with van der Waals surface area (Å²) in [5, 5.41) is 0. The molecule has 0 bridgehead atoms. The molecule has 1 heterocycles. The standard InChI is InChI=1S/C12H15NO2/c1-9-4-5-10-7-13-12(2,8-14-3)15-11(10)6-9/h4-7H,8H2,1-3H3. The maximum atomic E-state index is 5.82. The van der Waals surface area contributed by atoms with Crippen molar-refractivity contribution in [2.24, 2.45) is 4.99 Å². The average molecular weight is 205 g/mol. The van der Waals surface area contributed by atoms with E-state index in [0.29, 0.717) is 6.61 Å². The molecular formula is C12H15NO2. The fourth-order valence-corrected chi connectivity index (χ4v) is 1.64. The minimum absolute atomic E-state index is 0.455. The van der Waals surface area contributed by atoms with Gasteiger partial charge in [0.05, 0.1) is 0 Å². The number of fused-ring (bicyclic) bond motifs is 1. The molecule has 0 spiro atoms. The minimum Gasteiger partial charge on any atom is -0.463 e. The molecule has 2 rings (SSSR count). The third kappa shape index (κ3) is 2.02. The number of methoxy groups -OCH3 is 1. The van der Waals surface area contributed by atoms with Crippen LogP contribution in [0.2, 0.25) is 0 Å². The molecule has 1 unspecified atom stereocenters. The Morgan fingerprint density at radius 1 is 1.47 bits per heavy atom. The smallest absolute Gasteiger partial charge is 0.220 e. The van der Waals surface area contributed by atoms with Gasteiger partial charge in [-0.25, -0.2) is 4.99 Å². The molecule has 80 valence electrons. The third-order valence-corrected chi connectivity index (χ3v) is 2.39. The van der Waals surface area contributed by atoms with E-state index in [2.05, 4.69) is 4.99 Å². The fourth-order valence-electron chi connectivity index (χ4n) is 1.64. The van der Waals surface area contributed by atoms with Gasteiger partial charge in [-0.2, -0.15) is 0 Å². The summed E-state index contributed by atoms with van der Waals surface area (Å²) >= 11 is 0. The second-order valence-corrected chi connectivity index (χ2v) is 4.01. The summed E-state index contributed by atoms with van der Waals surface area (Å²) in [5.41, 5.74) is 1.62. The number of nitrogens with zero attached hydrogens (tertiary/aromatic N) is 1. The molecule has 1 aromatic carbocycles. The van der Waals surface area contributed by atoms with Crippen molar-refractivity contribution >= 4 is 6.21 Å². The Labute approximate surface area is 89.7 Å². The lowest BCUT2D eigenvalue weighted by molar-refractivity contribution is 0.00877. The van der Waals surface area contributed by atoms with Crippen LogP contribution in [-0.2, 0) is 4.74 Å². The second-order valence-electron chi connectivity index (χ2n) is 4.01. The zero-order valence-corrected chi connectivity index (χ0v) is 9.28. The van der Waals surface area contributed by atoms with Gasteiger partial charge in [-0.05, 0) is 31.5 Å². The number of benzene rings is 1. The van der Waals surface area contributed by atoms with E-state index in [1.54, 1.807) is 7.11 Å². The highest BCUT2D eigenvalue weighted by molar-refractivity contribution is 5.85. The largest absolute Gasteiger partial charge is 0.463 e. The van der Waals surface area contributed by atoms with Crippen LogP contribution in [0, 0.1) is 6.92 Å². The highest BCUT2D eigenvalue weighted by Gasteiger charge is 2.28. The van der Waals surface area contributed by atoms with Crippen LogP contribution in [0.1, 0.15) is 18.1 Å². The summed E-state index contributed by atoms with van der Waals surface area (Å²) in [4.78, 5) is 4.35. The summed E-state index contributed by atoms with van der Waals surface area (Å²) in [6, 6.07) is 6.09. The van der Waals surface area contributed by atoms with Gasteiger partial charge in [-0.3, -0.25) is 0 Å². The maximum absolute atomic E-state index is 5.82. The molecule has 0 aliphatic carbocycles. The molecule has 0 saturated carbocycles. The molecule has 15 heavy (non-hydrogen) atoms. The molecule has 3 heteroatoms. The first-order valence-corrected chi connectivity index (χ1v) is 4.97. The van der Waals surface area contributed by atoms with Gasteiger partial charge in [0.25, 0.3) is 0 Å². The van der Waals surface area contributed by atoms with Gasteiger partial charge >= 0.3 is 0 Å². The van der Waals surface area contributed by atoms with E-state index in [4.69, 9.17) is 9.47 Å². The average Bonchev–Trinajstić information content (AvgIpc) is 2.17. The monoisotopic (exact) mass is 205 g/mol. The van der Waals surface area contributed by atoms with Gasteiger partial charge in [-0.1, -0.05) is 6.07 Å². The molecule has 0 radical (unpaired) electrons. The van der Waals surface area contributed by atoms with Crippen molar-refractivity contribution in [1.82, 2.24) is 0 Å². The van der Waals surface area contributed by atoms with E-state index in [1.165, 1.54) is 5.56 Å². The summed E-state index contributed by atoms with van der Waals surface area (Å²) in [7, 11) is 1.65. The summed E-state index contributed by atoms with van der Waals surface area (Å²) < 4.78 is 10.9. The van der Waals surface area contributed by atoms with Crippen molar-refractivity contribution in [2.45, 2.75) is 19.6 Å². The Morgan fingerprint density at radius 3 is 3.00 bits per heavy atom. The number of rotatable bonds is 2. The molecule has 1 atom stereocenters. The van der Waals surface area contributed by atoms with Crippen LogP contribution in [0.4, 0.5) is 0 Å². The van der Waals surface area contributed by atoms with Crippen LogP contribution in [0.15, 0.2) is 23.2 Å². The molecule has 3 nitrogen and oxygen atoms in total. The zero-order valence-electron chi connectivity index (χ0n) is 9.28. The first-order chi connectivity index (χ1) is 7.13. The fraction of sp³-hybridized carbons (Fsp3) is 0.417. The van der Waals surface area contributed by atoms with Crippen LogP contribution in [-0.4, -0.2) is 25.7 Å². The first-order valence-electron chi connectivity index (χ1n) is 4.97. The Bertz CT molecular complexity index is 401. The number of aryl methyl sites for hydroxylation is 1. The summed E-state index contributed by atoms with van der Waals surface area (Å²) in [6.45, 7) is 4.41. The van der Waals surface area contributed by atoms with E-state index in [9.17, 15) is 0 Å². The van der Waals surface area contributed by atoms with Crippen molar-refractivity contribution in [3.8, 4) is 5.75 Å². The van der Waals surface area contributed by atoms with Crippen molar-refractivity contribution in [2.75, 3.05) is 13.7 Å². The Morgan fingerprint density at radius 2 is 2.27 bits per heavy atom. The molecule has 0 amide bonds. The Kier molecular flexibility index (Phi) is 2.49. The number of ether oxygens (including phenoxy) is 2. The molecule has 0 fully saturated rings. The maximum Gasteiger partial charge on any atom is 0.220 e. The van der Waals surface area contributed by atoms with Crippen LogP contribution in [0.25, 0.3) is 0 Å². The molecule has 1 aliphatic rings. The Balaban J connectivity index is 2.32. The molecule has 0 saturated heterocycles. The normalized spacial score (nSPS) is 23.4. The van der Waals surface area contributed by atoms with Gasteiger partial charge < -0.3 is 9.47 Å². The van der Waals surface area contributed by atoms with Crippen molar-refractivity contribution in [1.29, 1.82) is 0 Å². The van der Waals surface area contributed by atoms with Gasteiger partial charge in [0.15, 0.2) is 0 Å². The molecule has 0 N–H and O–H groups in total. The quantitative estimate of drug-likeness (QED) is 0.740. The highest BCUT2D eigenvalue weighted by atomic mass is 16.6. The van der Waals surface area contributed by atoms with Crippen molar-refractivity contribution in [3.05, 3.63) is 29.3 Å². The lowest BCUT2D eigenvalue weighted by atomic mass is 10.1. The molecule has 1 aliphatic heterocycles. The zero-order chi connectivity index (χ0) is 10.9. The van der Waals surface area contributed by atoms with Crippen LogP contribution >= 0.6 is 0 Å². The topological polar surface area (TPSA) is 30.8 Å². The number of hydrogen-bond donors (Lipinski definition) is 0. The SMILES string of the molecule is COCC1(C)N=Cc2ccc(C)cc2O1. The van der Waals surface area contributed by atoms with E-state index in [1.807, 2.05) is 38.3 Å². The van der Waals surface area contributed by atoms with E-state index in [0.717, 1.165) is 11.3 Å². The van der Waals surface area contributed by atoms with E-state index >= 15 is 0 Å². The van der Waals surface area contributed by atoms with Crippen LogP contribution in [0.5, 0.6) is 5.75 Å². The third-order valence-electron chi connectivity index (χ3n) is 2.39. The molecular weight excluding hydrogens is 190 g/mol. The van der Waals surface area contributed by atoms with Gasteiger partial charge in [-0.15, -0.1) is 0 Å². The second kappa shape index (κ2) is 3.66. The van der Waals surface area contributed by atoms with E-state index < -0.39 is 5.72 Å². The summed E-state index contributed by atoms with van der Waals surface area (Å²) in [5.74, 6) is 0.879. The lowest BCUT2D eigenvalue weighted by Crippen LogP contribution is -2.37. The minimum atomic E-state index is -0.588. The molecule has 0 aromatic heterocycles. The predicted octanol–water partition coefficient (Wildman–Crippen LogP) is 2.17. The number of hydrogen-bond acceptors (Lipinski definition) is 3. The highest BCUT2D eigenvalue weighted by Crippen LogP contribution is 2.28. The van der Waals surface area contributed by atoms with Crippen LogP contribution in [0.3, 0.4) is 0 Å².